The Morgan fingerprint density at radius 3 is 2.63 bits per heavy atom. The maximum atomic E-state index is 12.2. The lowest BCUT2D eigenvalue weighted by Gasteiger charge is -2.26. The van der Waals surface area contributed by atoms with Gasteiger partial charge in [-0.15, -0.1) is 24.0 Å². The molecule has 1 aliphatic heterocycles. The second-order valence-electron chi connectivity index (χ2n) is 6.12. The molecular formula is C19H24IN3O3S. The summed E-state index contributed by atoms with van der Waals surface area (Å²) in [5, 5.41) is 3.20. The van der Waals surface area contributed by atoms with Crippen LogP contribution in [0, 0.1) is 0 Å². The number of hydrogen-bond donors (Lipinski definition) is 2. The number of fused-ring (bicyclic) bond motifs is 1. The number of rotatable bonds is 6. The van der Waals surface area contributed by atoms with Crippen molar-refractivity contribution in [1.29, 1.82) is 0 Å². The number of benzene rings is 2. The number of sulfone groups is 1. The zero-order valence-corrected chi connectivity index (χ0v) is 18.0. The minimum atomic E-state index is -3.27. The molecule has 0 amide bonds. The fraction of sp³-hybridized carbons (Fsp3) is 0.316. The van der Waals surface area contributed by atoms with E-state index in [1.807, 2.05) is 24.3 Å². The minimum Gasteiger partial charge on any atom is -0.493 e. The molecule has 2 aromatic carbocycles. The molecule has 1 aliphatic rings. The van der Waals surface area contributed by atoms with Gasteiger partial charge >= 0.3 is 0 Å². The van der Waals surface area contributed by atoms with Crippen molar-refractivity contribution in [2.45, 2.75) is 23.8 Å². The molecule has 8 heteroatoms. The van der Waals surface area contributed by atoms with Crippen LogP contribution in [0.1, 0.15) is 24.4 Å². The Morgan fingerprint density at radius 2 is 1.85 bits per heavy atom. The molecule has 0 radical (unpaired) electrons. The van der Waals surface area contributed by atoms with Crippen molar-refractivity contribution in [1.82, 2.24) is 5.32 Å². The molecule has 0 spiro atoms. The first-order valence-electron chi connectivity index (χ1n) is 8.62. The standard InChI is InChI=1S/C19H23N3O3S.HI/c20-19(22-17-11-13-25-18-10-5-4-9-16(17)18)21-12-6-14-26(23,24)15-7-2-1-3-8-15;/h1-5,7-10,17H,6,11-14H2,(H3,20,21,22);1H. The van der Waals surface area contributed by atoms with Gasteiger partial charge in [0.15, 0.2) is 15.8 Å². The van der Waals surface area contributed by atoms with Crippen LogP contribution in [0.3, 0.4) is 0 Å². The normalized spacial score (nSPS) is 16.6. The van der Waals surface area contributed by atoms with E-state index in [9.17, 15) is 8.42 Å². The van der Waals surface area contributed by atoms with Gasteiger partial charge in [-0.05, 0) is 24.6 Å². The van der Waals surface area contributed by atoms with E-state index in [0.717, 1.165) is 17.7 Å². The topological polar surface area (TPSA) is 93.8 Å². The lowest BCUT2D eigenvalue weighted by molar-refractivity contribution is 0.262. The van der Waals surface area contributed by atoms with E-state index in [2.05, 4.69) is 10.3 Å². The smallest absolute Gasteiger partial charge is 0.189 e. The lowest BCUT2D eigenvalue weighted by Crippen LogP contribution is -2.37. The van der Waals surface area contributed by atoms with E-state index < -0.39 is 9.84 Å². The van der Waals surface area contributed by atoms with Crippen molar-refractivity contribution in [2.24, 2.45) is 10.7 Å². The first-order chi connectivity index (χ1) is 12.6. The summed E-state index contributed by atoms with van der Waals surface area (Å²) in [6.07, 6.45) is 1.22. The van der Waals surface area contributed by atoms with Gasteiger partial charge < -0.3 is 15.8 Å². The first kappa shape index (κ1) is 21.5. The van der Waals surface area contributed by atoms with Gasteiger partial charge in [-0.25, -0.2) is 8.42 Å². The monoisotopic (exact) mass is 501 g/mol. The third kappa shape index (κ3) is 5.83. The Bertz CT molecular complexity index is 873. The summed E-state index contributed by atoms with van der Waals surface area (Å²) in [4.78, 5) is 4.61. The maximum absolute atomic E-state index is 12.2. The zero-order valence-electron chi connectivity index (χ0n) is 14.9. The Kier molecular flexibility index (Phi) is 7.91. The van der Waals surface area contributed by atoms with Crippen LogP contribution >= 0.6 is 24.0 Å². The summed E-state index contributed by atoms with van der Waals surface area (Å²) in [5.41, 5.74) is 7.03. The molecule has 1 atom stereocenters. The quantitative estimate of drug-likeness (QED) is 0.275. The third-order valence-corrected chi connectivity index (χ3v) is 6.05. The van der Waals surface area contributed by atoms with Gasteiger partial charge in [0, 0.05) is 18.5 Å². The number of aliphatic imine (C=N–C) groups is 1. The van der Waals surface area contributed by atoms with Gasteiger partial charge in [0.2, 0.25) is 0 Å². The molecule has 0 aliphatic carbocycles. The Hall–Kier alpha value is -1.81. The highest BCUT2D eigenvalue weighted by molar-refractivity contribution is 14.0. The van der Waals surface area contributed by atoms with Crippen molar-refractivity contribution in [3.8, 4) is 5.75 Å². The van der Waals surface area contributed by atoms with Crippen LogP contribution in [0.2, 0.25) is 0 Å². The Labute approximate surface area is 177 Å². The third-order valence-electron chi connectivity index (χ3n) is 4.24. The first-order valence-corrected chi connectivity index (χ1v) is 10.3. The van der Waals surface area contributed by atoms with Crippen molar-refractivity contribution in [3.05, 3.63) is 60.2 Å². The number of nitrogens with zero attached hydrogens (tertiary/aromatic N) is 1. The molecule has 0 fully saturated rings. The van der Waals surface area contributed by atoms with Crippen molar-refractivity contribution >= 4 is 39.8 Å². The van der Waals surface area contributed by atoms with Crippen molar-refractivity contribution in [2.75, 3.05) is 18.9 Å². The number of guanidine groups is 1. The number of halogens is 1. The highest BCUT2D eigenvalue weighted by Gasteiger charge is 2.21. The van der Waals surface area contributed by atoms with Crippen molar-refractivity contribution < 1.29 is 13.2 Å². The van der Waals surface area contributed by atoms with Crippen LogP contribution in [-0.4, -0.2) is 33.3 Å². The van der Waals surface area contributed by atoms with Crippen LogP contribution in [-0.2, 0) is 9.84 Å². The average Bonchev–Trinajstić information content (AvgIpc) is 2.66. The summed E-state index contributed by atoms with van der Waals surface area (Å²) in [7, 11) is -3.27. The van der Waals surface area contributed by atoms with E-state index in [4.69, 9.17) is 10.5 Å². The zero-order chi connectivity index (χ0) is 18.4. The largest absolute Gasteiger partial charge is 0.493 e. The van der Waals surface area contributed by atoms with E-state index in [-0.39, 0.29) is 35.8 Å². The number of para-hydroxylation sites is 1. The van der Waals surface area contributed by atoms with Gasteiger partial charge in [0.05, 0.1) is 23.3 Å². The van der Waals surface area contributed by atoms with E-state index in [1.165, 1.54) is 0 Å². The fourth-order valence-corrected chi connectivity index (χ4v) is 4.23. The summed E-state index contributed by atoms with van der Waals surface area (Å²) in [6.45, 7) is 0.979. The number of ether oxygens (including phenoxy) is 1. The highest BCUT2D eigenvalue weighted by atomic mass is 127. The number of hydrogen-bond acceptors (Lipinski definition) is 4. The molecule has 1 unspecified atom stereocenters. The summed E-state index contributed by atoms with van der Waals surface area (Å²) >= 11 is 0. The molecule has 3 N–H and O–H groups in total. The van der Waals surface area contributed by atoms with Crippen molar-refractivity contribution in [3.63, 3.8) is 0 Å². The molecule has 1 heterocycles. The molecule has 2 aromatic rings. The van der Waals surface area contributed by atoms with Gasteiger partial charge in [-0.1, -0.05) is 36.4 Å². The Morgan fingerprint density at radius 1 is 1.15 bits per heavy atom. The molecule has 0 bridgehead atoms. The average molecular weight is 501 g/mol. The molecule has 0 saturated heterocycles. The molecule has 3 rings (SSSR count). The second kappa shape index (κ2) is 9.93. The molecule has 146 valence electrons. The highest BCUT2D eigenvalue weighted by Crippen LogP contribution is 2.31. The van der Waals surface area contributed by atoms with Gasteiger partial charge in [-0.3, -0.25) is 4.99 Å². The molecule has 27 heavy (non-hydrogen) atoms. The maximum Gasteiger partial charge on any atom is 0.189 e. The molecule has 0 aromatic heterocycles. The van der Waals surface area contributed by atoms with Crippen LogP contribution in [0.15, 0.2) is 64.5 Å². The number of nitrogens with two attached hydrogens (primary N) is 1. The second-order valence-corrected chi connectivity index (χ2v) is 8.23. The molecule has 6 nitrogen and oxygen atoms in total. The lowest BCUT2D eigenvalue weighted by atomic mass is 10.0. The van der Waals surface area contributed by atoms with Crippen LogP contribution in [0.4, 0.5) is 0 Å². The van der Waals surface area contributed by atoms with Crippen LogP contribution < -0.4 is 15.8 Å². The summed E-state index contributed by atoms with van der Waals surface area (Å²) in [5.74, 6) is 1.23. The Balaban J connectivity index is 0.00000261. The SMILES string of the molecule is I.NC(=NCCCS(=O)(=O)c1ccccc1)NC1CCOc2ccccc21. The van der Waals surface area contributed by atoms with Gasteiger partial charge in [0.25, 0.3) is 0 Å². The predicted molar refractivity (Wildman–Crippen MR) is 117 cm³/mol. The fourth-order valence-electron chi connectivity index (χ4n) is 2.92. The predicted octanol–water partition coefficient (Wildman–Crippen LogP) is 2.90. The van der Waals surface area contributed by atoms with Gasteiger partial charge in [-0.2, -0.15) is 0 Å². The molecular weight excluding hydrogens is 477 g/mol. The van der Waals surface area contributed by atoms with E-state index in [1.54, 1.807) is 30.3 Å². The number of nitrogens with one attached hydrogen (secondary N) is 1. The minimum absolute atomic E-state index is 0. The summed E-state index contributed by atoms with van der Waals surface area (Å²) < 4.78 is 30.1. The summed E-state index contributed by atoms with van der Waals surface area (Å²) in [6, 6.07) is 16.3. The van der Waals surface area contributed by atoms with Crippen LogP contribution in [0.25, 0.3) is 0 Å². The molecule has 0 saturated carbocycles. The van der Waals surface area contributed by atoms with Gasteiger partial charge in [0.1, 0.15) is 5.75 Å². The van der Waals surface area contributed by atoms with Crippen LogP contribution in [0.5, 0.6) is 5.75 Å². The van der Waals surface area contributed by atoms with E-state index in [0.29, 0.717) is 30.4 Å². The van der Waals surface area contributed by atoms with E-state index >= 15 is 0 Å².